The maximum atomic E-state index is 13.4. The van der Waals surface area contributed by atoms with Gasteiger partial charge in [0.15, 0.2) is 0 Å². The van der Waals surface area contributed by atoms with Crippen LogP contribution in [-0.2, 0) is 13.0 Å². The molecule has 0 aliphatic carbocycles. The van der Waals surface area contributed by atoms with E-state index >= 15 is 0 Å². The molecular weight excluding hydrogens is 408 g/mol. The number of thiophene rings is 1. The normalized spacial score (nSPS) is 16.6. The molecular formula is C24H28N4O2S. The van der Waals surface area contributed by atoms with Gasteiger partial charge in [-0.3, -0.25) is 14.2 Å². The average molecular weight is 437 g/mol. The van der Waals surface area contributed by atoms with Gasteiger partial charge in [0.05, 0.1) is 10.3 Å². The van der Waals surface area contributed by atoms with Gasteiger partial charge in [-0.2, -0.15) is 0 Å². The van der Waals surface area contributed by atoms with Gasteiger partial charge in [0, 0.05) is 44.8 Å². The van der Waals surface area contributed by atoms with Crippen molar-refractivity contribution in [2.24, 2.45) is 0 Å². The Morgan fingerprint density at radius 3 is 2.55 bits per heavy atom. The monoisotopic (exact) mass is 436 g/mol. The number of aromatic nitrogens is 2. The lowest BCUT2D eigenvalue weighted by molar-refractivity contribution is 0.0751. The Morgan fingerprint density at radius 1 is 1.03 bits per heavy atom. The molecule has 0 bridgehead atoms. The number of benzene rings is 1. The van der Waals surface area contributed by atoms with E-state index in [1.807, 2.05) is 16.4 Å². The van der Waals surface area contributed by atoms with Gasteiger partial charge < -0.3 is 9.80 Å². The average Bonchev–Trinajstić information content (AvgIpc) is 3.10. The molecule has 2 aliphatic heterocycles. The van der Waals surface area contributed by atoms with Gasteiger partial charge in [0.2, 0.25) is 0 Å². The number of fused-ring (bicyclic) bond motifs is 2. The summed E-state index contributed by atoms with van der Waals surface area (Å²) >= 11 is 1.38. The van der Waals surface area contributed by atoms with Crippen LogP contribution in [0.3, 0.4) is 0 Å². The summed E-state index contributed by atoms with van der Waals surface area (Å²) in [5, 5.41) is 0.632. The quantitative estimate of drug-likeness (QED) is 0.615. The molecule has 2 aliphatic rings. The number of hydrogen-bond acceptors (Lipinski definition) is 5. The fraction of sp³-hybridized carbons (Fsp3) is 0.458. The molecule has 0 spiro atoms. The Balaban J connectivity index is 1.39. The fourth-order valence-electron chi connectivity index (χ4n) is 4.89. The van der Waals surface area contributed by atoms with Crippen LogP contribution < -0.4 is 10.5 Å². The van der Waals surface area contributed by atoms with E-state index in [4.69, 9.17) is 4.98 Å². The lowest BCUT2D eigenvalue weighted by Crippen LogP contribution is -2.49. The third kappa shape index (κ3) is 3.45. The zero-order valence-electron chi connectivity index (χ0n) is 18.4. The van der Waals surface area contributed by atoms with Crippen LogP contribution in [0.1, 0.15) is 45.0 Å². The van der Waals surface area contributed by atoms with E-state index in [-0.39, 0.29) is 11.5 Å². The lowest BCUT2D eigenvalue weighted by atomic mass is 10.1. The summed E-state index contributed by atoms with van der Waals surface area (Å²) in [6.07, 6.45) is 2.92. The van der Waals surface area contributed by atoms with Crippen molar-refractivity contribution in [2.45, 2.75) is 46.6 Å². The predicted molar refractivity (Wildman–Crippen MR) is 126 cm³/mol. The topological polar surface area (TPSA) is 58.4 Å². The summed E-state index contributed by atoms with van der Waals surface area (Å²) in [6.45, 7) is 9.88. The largest absolute Gasteiger partial charge is 0.368 e. The van der Waals surface area contributed by atoms with Crippen molar-refractivity contribution >= 4 is 33.1 Å². The Kier molecular flexibility index (Phi) is 5.08. The number of amides is 1. The highest BCUT2D eigenvalue weighted by Crippen LogP contribution is 2.30. The standard InChI is InChI=1S/C24H28N4O2S/c1-15-7-8-18(16(2)14-15)26-10-12-27(13-11-26)24(30)21-17(3)20-22(31-21)25-19-6-4-5-9-28(19)23(20)29/h7-8,14H,4-6,9-13H2,1-3H3. The number of rotatable bonds is 2. The molecule has 0 N–H and O–H groups in total. The van der Waals surface area contributed by atoms with Crippen molar-refractivity contribution < 1.29 is 4.79 Å². The number of hydrogen-bond donors (Lipinski definition) is 0. The Labute approximate surface area is 186 Å². The van der Waals surface area contributed by atoms with Gasteiger partial charge in [-0.05, 0) is 50.8 Å². The molecule has 162 valence electrons. The molecule has 0 saturated carbocycles. The second-order valence-electron chi connectivity index (χ2n) is 8.75. The molecule has 3 aromatic rings. The van der Waals surface area contributed by atoms with Crippen molar-refractivity contribution in [3.63, 3.8) is 0 Å². The summed E-state index contributed by atoms with van der Waals surface area (Å²) in [5.74, 6) is 0.897. The van der Waals surface area contributed by atoms with Crippen molar-refractivity contribution in [1.29, 1.82) is 0 Å². The molecule has 1 amide bonds. The number of piperazine rings is 1. The lowest BCUT2D eigenvalue weighted by Gasteiger charge is -2.36. The smallest absolute Gasteiger partial charge is 0.264 e. The van der Waals surface area contributed by atoms with Gasteiger partial charge in [-0.25, -0.2) is 4.98 Å². The first-order valence-corrected chi connectivity index (χ1v) is 11.9. The third-order valence-corrected chi connectivity index (χ3v) is 7.79. The van der Waals surface area contributed by atoms with E-state index in [0.29, 0.717) is 28.2 Å². The van der Waals surface area contributed by atoms with Crippen LogP contribution in [0.2, 0.25) is 0 Å². The van der Waals surface area contributed by atoms with E-state index in [9.17, 15) is 9.59 Å². The first kappa shape index (κ1) is 20.2. The highest BCUT2D eigenvalue weighted by atomic mass is 32.1. The van der Waals surface area contributed by atoms with Crippen LogP contribution >= 0.6 is 11.3 Å². The van der Waals surface area contributed by atoms with Gasteiger partial charge >= 0.3 is 0 Å². The van der Waals surface area contributed by atoms with Gasteiger partial charge in [0.1, 0.15) is 10.7 Å². The molecule has 5 rings (SSSR count). The van der Waals surface area contributed by atoms with E-state index in [0.717, 1.165) is 50.3 Å². The van der Waals surface area contributed by atoms with Crippen molar-refractivity contribution in [3.05, 3.63) is 55.9 Å². The van der Waals surface area contributed by atoms with Crippen LogP contribution in [0.15, 0.2) is 23.0 Å². The summed E-state index contributed by atoms with van der Waals surface area (Å²) < 4.78 is 1.81. The predicted octanol–water partition coefficient (Wildman–Crippen LogP) is 3.68. The highest BCUT2D eigenvalue weighted by Gasteiger charge is 2.28. The second kappa shape index (κ2) is 7.79. The molecule has 1 saturated heterocycles. The summed E-state index contributed by atoms with van der Waals surface area (Å²) in [7, 11) is 0. The van der Waals surface area contributed by atoms with Crippen molar-refractivity contribution in [3.8, 4) is 0 Å². The Bertz CT molecular complexity index is 1230. The maximum Gasteiger partial charge on any atom is 0.264 e. The number of anilines is 1. The zero-order valence-corrected chi connectivity index (χ0v) is 19.2. The fourth-order valence-corrected chi connectivity index (χ4v) is 6.05. The van der Waals surface area contributed by atoms with Crippen molar-refractivity contribution in [1.82, 2.24) is 14.5 Å². The van der Waals surface area contributed by atoms with E-state index in [1.165, 1.54) is 28.2 Å². The molecule has 31 heavy (non-hydrogen) atoms. The molecule has 7 heteroatoms. The van der Waals surface area contributed by atoms with E-state index in [2.05, 4.69) is 36.9 Å². The minimum atomic E-state index is 0.0205. The number of nitrogens with zero attached hydrogens (tertiary/aromatic N) is 4. The molecule has 0 radical (unpaired) electrons. The maximum absolute atomic E-state index is 13.4. The van der Waals surface area contributed by atoms with Crippen LogP contribution in [0.4, 0.5) is 5.69 Å². The van der Waals surface area contributed by atoms with Crippen LogP contribution in [0.5, 0.6) is 0 Å². The van der Waals surface area contributed by atoms with E-state index in [1.54, 1.807) is 0 Å². The first-order chi connectivity index (χ1) is 14.9. The molecule has 6 nitrogen and oxygen atoms in total. The molecule has 4 heterocycles. The molecule has 0 atom stereocenters. The number of carbonyl (C=O) groups is 1. The number of carbonyl (C=O) groups excluding carboxylic acids is 1. The van der Waals surface area contributed by atoms with Gasteiger partial charge in [-0.1, -0.05) is 17.7 Å². The Hall–Kier alpha value is -2.67. The minimum Gasteiger partial charge on any atom is -0.368 e. The van der Waals surface area contributed by atoms with E-state index < -0.39 is 0 Å². The first-order valence-electron chi connectivity index (χ1n) is 11.1. The van der Waals surface area contributed by atoms with Gasteiger partial charge in [-0.15, -0.1) is 11.3 Å². The summed E-state index contributed by atoms with van der Waals surface area (Å²) in [4.78, 5) is 36.8. The summed E-state index contributed by atoms with van der Waals surface area (Å²) in [6, 6.07) is 6.53. The third-order valence-electron chi connectivity index (χ3n) is 6.62. The number of aryl methyl sites for hydroxylation is 4. The molecule has 1 aromatic carbocycles. The SMILES string of the molecule is Cc1ccc(N2CCN(C(=O)c3sc4nc5n(c(=O)c4c3C)CCCC5)CC2)c(C)c1. The summed E-state index contributed by atoms with van der Waals surface area (Å²) in [5.41, 5.74) is 4.60. The minimum absolute atomic E-state index is 0.0205. The van der Waals surface area contributed by atoms with Crippen LogP contribution in [0, 0.1) is 20.8 Å². The zero-order chi connectivity index (χ0) is 21.7. The van der Waals surface area contributed by atoms with Gasteiger partial charge in [0.25, 0.3) is 11.5 Å². The molecule has 1 fully saturated rings. The van der Waals surface area contributed by atoms with Crippen LogP contribution in [0.25, 0.3) is 10.2 Å². The Morgan fingerprint density at radius 2 is 1.81 bits per heavy atom. The molecule has 2 aromatic heterocycles. The van der Waals surface area contributed by atoms with Crippen molar-refractivity contribution in [2.75, 3.05) is 31.1 Å². The second-order valence-corrected chi connectivity index (χ2v) is 9.75. The molecule has 0 unspecified atom stereocenters. The van der Waals surface area contributed by atoms with Crippen LogP contribution in [-0.4, -0.2) is 46.5 Å². The highest BCUT2D eigenvalue weighted by molar-refractivity contribution is 7.20.